The van der Waals surface area contributed by atoms with Gasteiger partial charge in [0, 0.05) is 21.3 Å². The molecule has 2 aromatic carbocycles. The van der Waals surface area contributed by atoms with Crippen LogP contribution < -0.4 is 0 Å². The van der Waals surface area contributed by atoms with E-state index in [-0.39, 0.29) is 17.3 Å². The van der Waals surface area contributed by atoms with E-state index >= 15 is 0 Å². The van der Waals surface area contributed by atoms with E-state index in [0.717, 1.165) is 14.7 Å². The summed E-state index contributed by atoms with van der Waals surface area (Å²) in [4.78, 5) is 26.2. The predicted octanol–water partition coefficient (Wildman–Crippen LogP) is 4.10. The fraction of sp³-hybridized carbons (Fsp3) is 0. The summed E-state index contributed by atoms with van der Waals surface area (Å²) in [7, 11) is 0. The summed E-state index contributed by atoms with van der Waals surface area (Å²) in [6.07, 6.45) is 4.92. The molecule has 0 fully saturated rings. The highest BCUT2D eigenvalue weighted by Gasteiger charge is 2.23. The smallest absolute Gasteiger partial charge is 0.363 e. The van der Waals surface area contributed by atoms with Crippen molar-refractivity contribution in [1.82, 2.24) is 0 Å². The number of carbonyl (C=O) groups excluding carboxylic acids is 1. The first kappa shape index (κ1) is 17.0. The van der Waals surface area contributed by atoms with Crippen LogP contribution in [-0.4, -0.2) is 16.8 Å². The minimum absolute atomic E-state index is 0.0293. The average Bonchev–Trinajstić information content (AvgIpc) is 2.97. The third-order valence-electron chi connectivity index (χ3n) is 3.36. The molecule has 0 radical (unpaired) electrons. The first-order chi connectivity index (χ1) is 12.0. The fourth-order valence-electron chi connectivity index (χ4n) is 2.10. The molecule has 7 heteroatoms. The van der Waals surface area contributed by atoms with E-state index in [9.17, 15) is 14.9 Å². The number of allylic oxidation sites excluding steroid dienone is 2. The van der Waals surface area contributed by atoms with Gasteiger partial charge in [0.05, 0.1) is 4.92 Å². The Morgan fingerprint density at radius 3 is 2.40 bits per heavy atom. The number of esters is 1. The molecule has 1 heterocycles. The lowest BCUT2D eigenvalue weighted by molar-refractivity contribution is -0.384. The summed E-state index contributed by atoms with van der Waals surface area (Å²) < 4.78 is 6.25. The van der Waals surface area contributed by atoms with Crippen molar-refractivity contribution in [2.75, 3.05) is 0 Å². The van der Waals surface area contributed by atoms with Gasteiger partial charge in [-0.2, -0.15) is 0 Å². The van der Waals surface area contributed by atoms with Crippen LogP contribution in [-0.2, 0) is 9.53 Å². The van der Waals surface area contributed by atoms with Gasteiger partial charge in [-0.1, -0.05) is 12.2 Å². The largest absolute Gasteiger partial charge is 0.402 e. The highest BCUT2D eigenvalue weighted by molar-refractivity contribution is 14.1. The van der Waals surface area contributed by atoms with Gasteiger partial charge in [0.15, 0.2) is 5.70 Å². The molecule has 0 saturated heterocycles. The van der Waals surface area contributed by atoms with E-state index in [0.29, 0.717) is 0 Å². The molecule has 0 bridgehead atoms. The van der Waals surface area contributed by atoms with Crippen molar-refractivity contribution >= 4 is 46.2 Å². The zero-order valence-electron chi connectivity index (χ0n) is 12.8. The van der Waals surface area contributed by atoms with Gasteiger partial charge in [0.1, 0.15) is 0 Å². The number of carbonyl (C=O) groups is 1. The lowest BCUT2D eigenvalue weighted by atomic mass is 10.2. The van der Waals surface area contributed by atoms with Crippen LogP contribution in [0.4, 0.5) is 5.69 Å². The van der Waals surface area contributed by atoms with Crippen molar-refractivity contribution in [2.45, 2.75) is 0 Å². The zero-order chi connectivity index (χ0) is 17.8. The Hall–Kier alpha value is -2.81. The molecule has 0 spiro atoms. The molecule has 0 saturated carbocycles. The van der Waals surface area contributed by atoms with Crippen LogP contribution in [0.1, 0.15) is 11.1 Å². The summed E-state index contributed by atoms with van der Waals surface area (Å²) in [6, 6.07) is 13.6. The van der Waals surface area contributed by atoms with Crippen molar-refractivity contribution in [2.24, 2.45) is 4.99 Å². The number of benzene rings is 2. The van der Waals surface area contributed by atoms with E-state index in [1.54, 1.807) is 30.4 Å². The van der Waals surface area contributed by atoms with Crippen LogP contribution in [0.5, 0.6) is 0 Å². The average molecular weight is 446 g/mol. The molecule has 0 unspecified atom stereocenters. The molecule has 0 amide bonds. The van der Waals surface area contributed by atoms with Gasteiger partial charge in [-0.3, -0.25) is 10.1 Å². The molecule has 6 nitrogen and oxygen atoms in total. The highest BCUT2D eigenvalue weighted by atomic mass is 127. The van der Waals surface area contributed by atoms with Gasteiger partial charge >= 0.3 is 5.97 Å². The Bertz CT molecular complexity index is 913. The van der Waals surface area contributed by atoms with Crippen LogP contribution in [0.3, 0.4) is 0 Å². The van der Waals surface area contributed by atoms with E-state index < -0.39 is 10.9 Å². The maximum absolute atomic E-state index is 11.9. The lowest BCUT2D eigenvalue weighted by Crippen LogP contribution is -2.05. The van der Waals surface area contributed by atoms with Crippen molar-refractivity contribution in [1.29, 1.82) is 0 Å². The Labute approximate surface area is 156 Å². The molecule has 3 rings (SSSR count). The van der Waals surface area contributed by atoms with Crippen LogP contribution in [0.25, 0.3) is 6.08 Å². The number of nitro benzene ring substituents is 1. The molecule has 1 aliphatic heterocycles. The van der Waals surface area contributed by atoms with E-state index in [4.69, 9.17) is 4.74 Å². The Morgan fingerprint density at radius 2 is 1.76 bits per heavy atom. The number of halogens is 1. The van der Waals surface area contributed by atoms with Crippen LogP contribution in [0, 0.1) is 13.7 Å². The molecule has 2 aromatic rings. The fourth-order valence-corrected chi connectivity index (χ4v) is 2.46. The van der Waals surface area contributed by atoms with Gasteiger partial charge in [-0.25, -0.2) is 9.79 Å². The first-order valence-corrected chi connectivity index (χ1v) is 8.30. The molecule has 1 aliphatic rings. The predicted molar refractivity (Wildman–Crippen MR) is 102 cm³/mol. The normalized spacial score (nSPS) is 15.5. The zero-order valence-corrected chi connectivity index (χ0v) is 14.9. The molecular weight excluding hydrogens is 435 g/mol. The van der Waals surface area contributed by atoms with Crippen molar-refractivity contribution in [3.8, 4) is 0 Å². The number of rotatable bonds is 4. The van der Waals surface area contributed by atoms with E-state index in [1.807, 2.05) is 24.3 Å². The highest BCUT2D eigenvalue weighted by Crippen LogP contribution is 2.18. The monoisotopic (exact) mass is 446 g/mol. The Kier molecular flexibility index (Phi) is 5.03. The number of hydrogen-bond acceptors (Lipinski definition) is 5. The molecule has 0 aliphatic carbocycles. The standard InChI is InChI=1S/C18H11IN2O4/c19-14-8-6-13(7-9-14)17-20-16(18(22)25-17)3-1-2-12-4-10-15(11-5-12)21(23)24/h1-11H/b2-1+,16-3-. The molecule has 0 N–H and O–H groups in total. The van der Waals surface area contributed by atoms with Crippen molar-refractivity contribution in [3.63, 3.8) is 0 Å². The number of ether oxygens (including phenoxy) is 1. The van der Waals surface area contributed by atoms with Gasteiger partial charge in [0.2, 0.25) is 5.90 Å². The summed E-state index contributed by atoms with van der Waals surface area (Å²) >= 11 is 2.19. The first-order valence-electron chi connectivity index (χ1n) is 7.22. The van der Waals surface area contributed by atoms with Gasteiger partial charge in [-0.05, 0) is 70.6 Å². The van der Waals surface area contributed by atoms with Crippen LogP contribution in [0.2, 0.25) is 0 Å². The molecule has 0 atom stereocenters. The number of nitro groups is 1. The SMILES string of the molecule is O=C1OC(c2ccc(I)cc2)=N/C1=C\C=C\c1ccc([N+](=O)[O-])cc1. The van der Waals surface area contributed by atoms with Gasteiger partial charge in [0.25, 0.3) is 5.69 Å². The van der Waals surface area contributed by atoms with Crippen molar-refractivity contribution < 1.29 is 14.5 Å². The molecule has 25 heavy (non-hydrogen) atoms. The number of aliphatic imine (C=N–C) groups is 1. The van der Waals surface area contributed by atoms with Gasteiger partial charge < -0.3 is 4.74 Å². The summed E-state index contributed by atoms with van der Waals surface area (Å²) in [5.74, 6) is -0.238. The molecule has 0 aromatic heterocycles. The second kappa shape index (κ2) is 7.39. The summed E-state index contributed by atoms with van der Waals surface area (Å²) in [5, 5.41) is 10.6. The van der Waals surface area contributed by atoms with Crippen LogP contribution in [0.15, 0.2) is 71.4 Å². The lowest BCUT2D eigenvalue weighted by Gasteiger charge is -1.98. The maximum Gasteiger partial charge on any atom is 0.363 e. The number of nitrogens with zero attached hydrogens (tertiary/aromatic N) is 2. The van der Waals surface area contributed by atoms with Crippen molar-refractivity contribution in [3.05, 3.63) is 91.2 Å². The third-order valence-corrected chi connectivity index (χ3v) is 4.08. The molecular formula is C18H11IN2O4. The number of cyclic esters (lactones) is 1. The maximum atomic E-state index is 11.9. The van der Waals surface area contributed by atoms with E-state index in [2.05, 4.69) is 27.6 Å². The summed E-state index contributed by atoms with van der Waals surface area (Å²) in [5.41, 5.74) is 1.74. The number of hydrogen-bond donors (Lipinski definition) is 0. The van der Waals surface area contributed by atoms with E-state index in [1.165, 1.54) is 12.1 Å². The topological polar surface area (TPSA) is 81.8 Å². The minimum Gasteiger partial charge on any atom is -0.402 e. The molecule has 124 valence electrons. The Morgan fingerprint density at radius 1 is 1.08 bits per heavy atom. The summed E-state index contributed by atoms with van der Waals surface area (Å²) in [6.45, 7) is 0. The second-order valence-electron chi connectivity index (χ2n) is 5.07. The van der Waals surface area contributed by atoms with Gasteiger partial charge in [-0.15, -0.1) is 0 Å². The second-order valence-corrected chi connectivity index (χ2v) is 6.32. The number of non-ortho nitro benzene ring substituents is 1. The third kappa shape index (κ3) is 4.18. The van der Waals surface area contributed by atoms with Crippen LogP contribution >= 0.6 is 22.6 Å². The Balaban J connectivity index is 1.75. The minimum atomic E-state index is -0.512. The quantitative estimate of drug-likeness (QED) is 0.233.